The van der Waals surface area contributed by atoms with Crippen LogP contribution in [0, 0.1) is 11.6 Å². The van der Waals surface area contributed by atoms with Crippen molar-refractivity contribution in [3.8, 4) is 23.0 Å². The monoisotopic (exact) mass is 1070 g/mol. The average molecular weight is 1070 g/mol. The molecule has 0 fully saturated rings. The summed E-state index contributed by atoms with van der Waals surface area (Å²) in [5.74, 6) is 1.35. The number of aromatic nitrogens is 5. The molecule has 0 aliphatic heterocycles. The minimum atomic E-state index is -0.812. The van der Waals surface area contributed by atoms with Crippen LogP contribution >= 0.6 is 0 Å². The van der Waals surface area contributed by atoms with E-state index >= 15 is 0 Å². The molecule has 5 aromatic heterocycles. The molecule has 0 radical (unpaired) electrons. The maximum atomic E-state index is 13.4. The van der Waals surface area contributed by atoms with Gasteiger partial charge in [0.05, 0.1) is 34.0 Å². The Morgan fingerprint density at radius 1 is 0.468 bits per heavy atom. The van der Waals surface area contributed by atoms with Gasteiger partial charge in [-0.05, 0) is 191 Å². The molecular weight excluding hydrogens is 997 g/mol. The van der Waals surface area contributed by atoms with Gasteiger partial charge in [-0.3, -0.25) is 0 Å². The van der Waals surface area contributed by atoms with Crippen molar-refractivity contribution in [2.45, 2.75) is 88.8 Å². The molecule has 0 bridgehead atoms. The van der Waals surface area contributed by atoms with Gasteiger partial charge in [0.2, 0.25) is 0 Å². The molecule has 0 saturated carbocycles. The molecule has 3 unspecified atom stereocenters. The third-order valence-electron chi connectivity index (χ3n) is 16.8. The van der Waals surface area contributed by atoms with Crippen LogP contribution in [0.2, 0.25) is 0 Å². The van der Waals surface area contributed by atoms with E-state index in [0.29, 0.717) is 24.5 Å². The van der Waals surface area contributed by atoms with Gasteiger partial charge >= 0.3 is 0 Å². The van der Waals surface area contributed by atoms with Gasteiger partial charge in [-0.25, -0.2) is 18.7 Å². The van der Waals surface area contributed by atoms with Gasteiger partial charge in [0.15, 0.2) is 34.6 Å². The van der Waals surface area contributed by atoms with Crippen LogP contribution in [0.15, 0.2) is 97.3 Å². The van der Waals surface area contributed by atoms with Crippen LogP contribution in [0.1, 0.15) is 75.3 Å². The van der Waals surface area contributed by atoms with Crippen molar-refractivity contribution in [3.05, 3.63) is 165 Å². The van der Waals surface area contributed by atoms with Crippen molar-refractivity contribution < 1.29 is 27.7 Å². The summed E-state index contributed by atoms with van der Waals surface area (Å²) >= 11 is 0. The van der Waals surface area contributed by atoms with Crippen molar-refractivity contribution in [3.63, 3.8) is 0 Å². The first kappa shape index (κ1) is 54.9. The first-order valence-electron chi connectivity index (χ1n) is 27.5. The van der Waals surface area contributed by atoms with Crippen LogP contribution < -0.4 is 40.2 Å². The van der Waals surface area contributed by atoms with Gasteiger partial charge in [0.25, 0.3) is 0 Å². The van der Waals surface area contributed by atoms with Crippen LogP contribution in [0.4, 0.5) is 20.2 Å². The van der Waals surface area contributed by atoms with E-state index in [1.54, 1.807) is 34.5 Å². The van der Waals surface area contributed by atoms with E-state index in [1.165, 1.54) is 91.5 Å². The molecule has 79 heavy (non-hydrogen) atoms. The Morgan fingerprint density at radius 2 is 0.911 bits per heavy atom. The second kappa shape index (κ2) is 23.9. The van der Waals surface area contributed by atoms with Crippen molar-refractivity contribution in [2.24, 2.45) is 21.1 Å². The Kier molecular flexibility index (Phi) is 16.6. The van der Waals surface area contributed by atoms with Gasteiger partial charge in [-0.1, -0.05) is 18.2 Å². The topological polar surface area (TPSA) is 126 Å². The molecule has 3 aliphatic carbocycles. The average Bonchev–Trinajstić information content (AvgIpc) is 4.24. The minimum Gasteiger partial charge on any atom is -0.493 e. The molecule has 3 aliphatic rings. The van der Waals surface area contributed by atoms with Crippen LogP contribution in [-0.4, -0.2) is 91.4 Å². The molecule has 3 atom stereocenters. The zero-order chi connectivity index (χ0) is 55.5. The number of methoxy groups -OCH3 is 4. The fourth-order valence-electron chi connectivity index (χ4n) is 12.3. The summed E-state index contributed by atoms with van der Waals surface area (Å²) in [6, 6.07) is 28.8. The number of halogens is 2. The fraction of sp³-hybridized carbons (Fsp3) is 0.375. The molecule has 0 amide bonds. The summed E-state index contributed by atoms with van der Waals surface area (Å²) < 4.78 is 54.9. The maximum absolute atomic E-state index is 13.4. The van der Waals surface area contributed by atoms with Crippen LogP contribution in [0.5, 0.6) is 23.0 Å². The molecule has 4 N–H and O–H groups in total. The summed E-state index contributed by atoms with van der Waals surface area (Å²) in [5, 5.41) is 17.6. The Hall–Kier alpha value is -7.46. The van der Waals surface area contributed by atoms with Crippen LogP contribution in [0.25, 0.3) is 33.0 Å². The summed E-state index contributed by atoms with van der Waals surface area (Å²) in [5.41, 5.74) is 18.2. The number of pyridine rings is 2. The first-order valence-corrected chi connectivity index (χ1v) is 27.5. The van der Waals surface area contributed by atoms with Crippen molar-refractivity contribution in [1.82, 2.24) is 39.6 Å². The standard InChI is InChI=1S/2C22H27N3O2.C20H21F2N3/c1-23-14-6-9-19-18(11-14)17-8-5-15(12-20(17)25(19)2)24-16-7-10-21(26-3)22(13-16)27-4;1-23-16-6-7-19-17(12-16)18-10-15(13-24-22(18)25(19)2)9-14-5-8-20(26-3)21(11-14)27-4;1-23-14-4-6-19-15(10-14)16-8-13(11-24-20(16)25(19)2)7-12-3-5-17(21)18(22)9-12/h5,7-8,10,12-14,23-24H,6,9,11H2,1-4H3;5,8,10-11,13,16,23H,6-7,9,12H2,1-4H3;3,5,8-9,11,14,23H,4,6-7,10H2,1-2H3. The number of nitrogens with zero attached hydrogens (tertiary/aromatic N) is 5. The second-order valence-electron chi connectivity index (χ2n) is 21.3. The SMILES string of the molecule is CNC1CCc2c(c3cc(Cc4ccc(F)c(F)c4)cnc3n2C)C1.CNC1CCc2c(c3cc(Cc4ccc(OC)c(OC)c4)cnc3n2C)C1.CNC1CCc2c(c3ccc(Nc4ccc(OC)c(OC)c4)cc3n2C)C1. The van der Waals surface area contributed by atoms with E-state index < -0.39 is 11.6 Å². The normalized spacial score (nSPS) is 16.5. The van der Waals surface area contributed by atoms with Gasteiger partial charge < -0.3 is 53.9 Å². The fourth-order valence-corrected chi connectivity index (χ4v) is 12.3. The van der Waals surface area contributed by atoms with Gasteiger partial charge in [0, 0.05) is 102 Å². The highest BCUT2D eigenvalue weighted by Gasteiger charge is 2.27. The predicted molar refractivity (Wildman–Crippen MR) is 313 cm³/mol. The number of hydrogen-bond donors (Lipinski definition) is 4. The second-order valence-corrected chi connectivity index (χ2v) is 21.3. The number of aryl methyl sites for hydroxylation is 3. The Bertz CT molecular complexity index is 3660. The number of rotatable bonds is 13. The zero-order valence-electron chi connectivity index (χ0n) is 47.4. The molecule has 0 saturated heterocycles. The predicted octanol–water partition coefficient (Wildman–Crippen LogP) is 10.8. The van der Waals surface area contributed by atoms with E-state index in [2.05, 4.69) is 112 Å². The highest BCUT2D eigenvalue weighted by atomic mass is 19.2. The molecule has 13 nitrogen and oxygen atoms in total. The largest absolute Gasteiger partial charge is 0.493 e. The van der Waals surface area contributed by atoms with E-state index in [0.717, 1.165) is 108 Å². The van der Waals surface area contributed by atoms with E-state index in [9.17, 15) is 8.78 Å². The molecule has 15 heteroatoms. The van der Waals surface area contributed by atoms with Crippen molar-refractivity contribution in [2.75, 3.05) is 54.9 Å². The lowest BCUT2D eigenvalue weighted by molar-refractivity contribution is 0.354. The Morgan fingerprint density at radius 3 is 1.42 bits per heavy atom. The Labute approximate surface area is 462 Å². The number of benzene rings is 4. The third-order valence-corrected chi connectivity index (χ3v) is 16.8. The Balaban J connectivity index is 0.000000134. The van der Waals surface area contributed by atoms with Crippen LogP contribution in [0.3, 0.4) is 0 Å². The van der Waals surface area contributed by atoms with Gasteiger partial charge in [0.1, 0.15) is 11.3 Å². The molecular formula is C64H75F2N9O4. The first-order chi connectivity index (χ1) is 38.3. The minimum absolute atomic E-state index is 0.493. The maximum Gasteiger partial charge on any atom is 0.162 e. The molecule has 4 aromatic carbocycles. The summed E-state index contributed by atoms with van der Waals surface area (Å²) in [7, 11) is 19.2. The lowest BCUT2D eigenvalue weighted by atomic mass is 9.91. The lowest BCUT2D eigenvalue weighted by Crippen LogP contribution is -2.31. The lowest BCUT2D eigenvalue weighted by Gasteiger charge is -2.22. The number of likely N-dealkylation sites (N-methyl/N-ethyl adjacent to an activating group) is 3. The summed E-state index contributed by atoms with van der Waals surface area (Å²) in [6.45, 7) is 0. The zero-order valence-corrected chi connectivity index (χ0v) is 47.4. The van der Waals surface area contributed by atoms with Crippen LogP contribution in [-0.2, 0) is 72.5 Å². The number of hydrogen-bond acceptors (Lipinski definition) is 10. The summed E-state index contributed by atoms with van der Waals surface area (Å²) in [6.07, 6.45) is 15.2. The number of nitrogens with one attached hydrogen (secondary N) is 4. The van der Waals surface area contributed by atoms with E-state index in [4.69, 9.17) is 23.9 Å². The summed E-state index contributed by atoms with van der Waals surface area (Å²) in [4.78, 5) is 9.44. The quantitative estimate of drug-likeness (QED) is 0.0887. The number of anilines is 2. The van der Waals surface area contributed by atoms with Crippen molar-refractivity contribution in [1.29, 1.82) is 0 Å². The third kappa shape index (κ3) is 11.3. The van der Waals surface area contributed by atoms with E-state index in [-0.39, 0.29) is 0 Å². The molecule has 9 aromatic rings. The van der Waals surface area contributed by atoms with Crippen molar-refractivity contribution >= 4 is 44.3 Å². The molecule has 12 rings (SSSR count). The molecule has 5 heterocycles. The molecule has 0 spiro atoms. The smallest absolute Gasteiger partial charge is 0.162 e. The number of ether oxygens (including phenoxy) is 4. The van der Waals surface area contributed by atoms with E-state index in [1.807, 2.05) is 49.8 Å². The number of fused-ring (bicyclic) bond motifs is 9. The van der Waals surface area contributed by atoms with Gasteiger partial charge in [-0.2, -0.15) is 0 Å². The molecule has 414 valence electrons. The highest BCUT2D eigenvalue weighted by molar-refractivity contribution is 5.89. The highest BCUT2D eigenvalue weighted by Crippen LogP contribution is 2.37. The van der Waals surface area contributed by atoms with Gasteiger partial charge in [-0.15, -0.1) is 0 Å².